The number of hydrogen-bond acceptors (Lipinski definition) is 2. The quantitative estimate of drug-likeness (QED) is 0.632. The molecule has 104 valence electrons. The predicted octanol–water partition coefficient (Wildman–Crippen LogP) is 3.09. The zero-order valence-electron chi connectivity index (χ0n) is 11.6. The fourth-order valence-electron chi connectivity index (χ4n) is 2.41. The molecule has 2 amide bonds. The number of nitrogens with two attached hydrogens (primary N) is 1. The molecule has 0 aromatic heterocycles. The molecule has 0 aliphatic carbocycles. The number of amides is 2. The minimum absolute atomic E-state index is 0.126. The highest BCUT2D eigenvalue weighted by molar-refractivity contribution is 5.94. The van der Waals surface area contributed by atoms with Gasteiger partial charge < -0.3 is 10.6 Å². The summed E-state index contributed by atoms with van der Waals surface area (Å²) in [5, 5.41) is 0. The molecule has 0 spiro atoms. The van der Waals surface area contributed by atoms with Crippen LogP contribution in [-0.4, -0.2) is 30.6 Å². The third-order valence-corrected chi connectivity index (χ3v) is 3.58. The molecule has 1 aliphatic heterocycles. The summed E-state index contributed by atoms with van der Waals surface area (Å²) in [6.45, 7) is 4.68. The van der Waals surface area contributed by atoms with Gasteiger partial charge in [-0.15, -0.1) is 0 Å². The molecule has 0 saturated carbocycles. The average molecular weight is 261 g/mol. The summed E-state index contributed by atoms with van der Waals surface area (Å²) in [5.41, 5.74) is 7.34. The number of unbranched alkanes of at least 4 members (excludes halogenated alkanes) is 3. The molecule has 19 heavy (non-hydrogen) atoms. The van der Waals surface area contributed by atoms with E-state index < -0.39 is 0 Å². The van der Waals surface area contributed by atoms with Crippen LogP contribution in [0.5, 0.6) is 0 Å². The van der Waals surface area contributed by atoms with Crippen LogP contribution in [0, 0.1) is 0 Å². The second-order valence-electron chi connectivity index (χ2n) is 5.07. The van der Waals surface area contributed by atoms with Crippen molar-refractivity contribution in [3.8, 4) is 0 Å². The number of carbonyl (C=O) groups is 1. The highest BCUT2D eigenvalue weighted by atomic mass is 16.2. The summed E-state index contributed by atoms with van der Waals surface area (Å²) in [5.74, 6) is 0. The highest BCUT2D eigenvalue weighted by Crippen LogP contribution is 2.21. The van der Waals surface area contributed by atoms with Crippen molar-refractivity contribution in [1.82, 2.24) is 4.90 Å². The number of hydrogen-bond donors (Lipinski definition) is 1. The van der Waals surface area contributed by atoms with E-state index in [2.05, 4.69) is 6.92 Å². The number of nitrogens with zero attached hydrogens (tertiary/aromatic N) is 2. The van der Waals surface area contributed by atoms with Gasteiger partial charge in [0.25, 0.3) is 0 Å². The Hall–Kier alpha value is -1.71. The molecule has 1 aliphatic rings. The van der Waals surface area contributed by atoms with Gasteiger partial charge in [0, 0.05) is 31.0 Å². The van der Waals surface area contributed by atoms with Crippen LogP contribution >= 0.6 is 0 Å². The highest BCUT2D eigenvalue weighted by Gasteiger charge is 2.28. The first-order chi connectivity index (χ1) is 9.22. The molecular weight excluding hydrogens is 238 g/mol. The van der Waals surface area contributed by atoms with Crippen molar-refractivity contribution < 1.29 is 4.79 Å². The number of urea groups is 1. The summed E-state index contributed by atoms with van der Waals surface area (Å²) in [7, 11) is 0. The van der Waals surface area contributed by atoms with Crippen molar-refractivity contribution >= 4 is 17.4 Å². The van der Waals surface area contributed by atoms with Gasteiger partial charge in [0.05, 0.1) is 0 Å². The van der Waals surface area contributed by atoms with E-state index in [0.29, 0.717) is 0 Å². The summed E-state index contributed by atoms with van der Waals surface area (Å²) < 4.78 is 0. The van der Waals surface area contributed by atoms with Gasteiger partial charge in [-0.25, -0.2) is 4.79 Å². The van der Waals surface area contributed by atoms with Crippen LogP contribution in [0.3, 0.4) is 0 Å². The largest absolute Gasteiger partial charge is 0.399 e. The van der Waals surface area contributed by atoms with E-state index in [0.717, 1.165) is 37.4 Å². The van der Waals surface area contributed by atoms with Gasteiger partial charge in [-0.1, -0.05) is 26.2 Å². The van der Waals surface area contributed by atoms with Crippen molar-refractivity contribution in [3.63, 3.8) is 0 Å². The first-order valence-electron chi connectivity index (χ1n) is 7.14. The molecule has 4 heteroatoms. The van der Waals surface area contributed by atoms with Crippen LogP contribution in [0.25, 0.3) is 0 Å². The fourth-order valence-corrected chi connectivity index (χ4v) is 2.41. The van der Waals surface area contributed by atoms with E-state index in [4.69, 9.17) is 5.73 Å². The van der Waals surface area contributed by atoms with E-state index in [1.165, 1.54) is 19.3 Å². The SMILES string of the molecule is CCCCCCN1CCN(c2ccc(N)cc2)C1=O. The van der Waals surface area contributed by atoms with Crippen LogP contribution in [0.2, 0.25) is 0 Å². The molecule has 1 aromatic carbocycles. The number of nitrogen functional groups attached to an aromatic ring is 1. The zero-order chi connectivity index (χ0) is 13.7. The Morgan fingerprint density at radius 1 is 1.11 bits per heavy atom. The van der Waals surface area contributed by atoms with Crippen molar-refractivity contribution in [2.75, 3.05) is 30.3 Å². The summed E-state index contributed by atoms with van der Waals surface area (Å²) in [6.07, 6.45) is 4.80. The topological polar surface area (TPSA) is 49.6 Å². The second kappa shape index (κ2) is 6.45. The van der Waals surface area contributed by atoms with Crippen LogP contribution < -0.4 is 10.6 Å². The smallest absolute Gasteiger partial charge is 0.324 e. The van der Waals surface area contributed by atoms with E-state index in [9.17, 15) is 4.79 Å². The van der Waals surface area contributed by atoms with Crippen LogP contribution in [0.15, 0.2) is 24.3 Å². The second-order valence-corrected chi connectivity index (χ2v) is 5.07. The molecule has 1 saturated heterocycles. The molecule has 1 aromatic rings. The van der Waals surface area contributed by atoms with Crippen LogP contribution in [0.4, 0.5) is 16.2 Å². The van der Waals surface area contributed by atoms with E-state index in [-0.39, 0.29) is 6.03 Å². The van der Waals surface area contributed by atoms with Crippen LogP contribution in [0.1, 0.15) is 32.6 Å². The van der Waals surface area contributed by atoms with Gasteiger partial charge in [-0.3, -0.25) is 4.90 Å². The maximum absolute atomic E-state index is 12.3. The molecule has 1 fully saturated rings. The van der Waals surface area contributed by atoms with E-state index in [1.54, 1.807) is 0 Å². The van der Waals surface area contributed by atoms with Crippen molar-refractivity contribution in [3.05, 3.63) is 24.3 Å². The first-order valence-corrected chi connectivity index (χ1v) is 7.14. The maximum atomic E-state index is 12.3. The van der Waals surface area contributed by atoms with Gasteiger partial charge in [0.15, 0.2) is 0 Å². The zero-order valence-corrected chi connectivity index (χ0v) is 11.6. The Labute approximate surface area is 115 Å². The fraction of sp³-hybridized carbons (Fsp3) is 0.533. The third-order valence-electron chi connectivity index (χ3n) is 3.58. The Kier molecular flexibility index (Phi) is 4.66. The van der Waals surface area contributed by atoms with E-state index in [1.807, 2.05) is 34.1 Å². The molecule has 0 atom stereocenters. The third kappa shape index (κ3) is 3.40. The minimum Gasteiger partial charge on any atom is -0.399 e. The van der Waals surface area contributed by atoms with Crippen molar-refractivity contribution in [1.29, 1.82) is 0 Å². The molecule has 1 heterocycles. The molecule has 0 bridgehead atoms. The standard InChI is InChI=1S/C15H23N3O/c1-2-3-4-5-10-17-11-12-18(15(17)19)14-8-6-13(16)7-9-14/h6-9H,2-5,10-12,16H2,1H3. The predicted molar refractivity (Wildman–Crippen MR) is 79.3 cm³/mol. The molecule has 0 radical (unpaired) electrons. The lowest BCUT2D eigenvalue weighted by Gasteiger charge is -2.18. The molecule has 4 nitrogen and oxygen atoms in total. The number of rotatable bonds is 6. The molecule has 2 rings (SSSR count). The number of carbonyl (C=O) groups excluding carboxylic acids is 1. The minimum atomic E-state index is 0.126. The van der Waals surface area contributed by atoms with E-state index >= 15 is 0 Å². The average Bonchev–Trinajstić information content (AvgIpc) is 2.77. The van der Waals surface area contributed by atoms with Crippen LogP contribution in [-0.2, 0) is 0 Å². The van der Waals surface area contributed by atoms with Gasteiger partial charge in [0.1, 0.15) is 0 Å². The lowest BCUT2D eigenvalue weighted by molar-refractivity contribution is 0.219. The van der Waals surface area contributed by atoms with Gasteiger partial charge >= 0.3 is 6.03 Å². The van der Waals surface area contributed by atoms with Gasteiger partial charge in [0.2, 0.25) is 0 Å². The lowest BCUT2D eigenvalue weighted by atomic mass is 10.2. The Balaban J connectivity index is 1.88. The Morgan fingerprint density at radius 2 is 1.84 bits per heavy atom. The normalized spacial score (nSPS) is 15.3. The Bertz CT molecular complexity index is 416. The molecular formula is C15H23N3O. The monoisotopic (exact) mass is 261 g/mol. The molecule has 0 unspecified atom stereocenters. The first kappa shape index (κ1) is 13.7. The summed E-state index contributed by atoms with van der Waals surface area (Å²) in [6, 6.07) is 7.63. The molecule has 2 N–H and O–H groups in total. The number of anilines is 2. The Morgan fingerprint density at radius 3 is 2.53 bits per heavy atom. The van der Waals surface area contributed by atoms with Crippen molar-refractivity contribution in [2.45, 2.75) is 32.6 Å². The summed E-state index contributed by atoms with van der Waals surface area (Å²) >= 11 is 0. The number of benzene rings is 1. The summed E-state index contributed by atoms with van der Waals surface area (Å²) in [4.78, 5) is 16.1. The van der Waals surface area contributed by atoms with Gasteiger partial charge in [-0.2, -0.15) is 0 Å². The van der Waals surface area contributed by atoms with Crippen molar-refractivity contribution in [2.24, 2.45) is 0 Å². The van der Waals surface area contributed by atoms with Gasteiger partial charge in [-0.05, 0) is 30.7 Å². The lowest BCUT2D eigenvalue weighted by Crippen LogP contribution is -2.32. The maximum Gasteiger partial charge on any atom is 0.324 e.